The number of aryl methyl sites for hydroxylation is 1. The maximum absolute atomic E-state index is 14.0. The molecule has 0 saturated heterocycles. The van der Waals surface area contributed by atoms with Crippen molar-refractivity contribution in [2.24, 2.45) is 5.73 Å². The van der Waals surface area contributed by atoms with Crippen molar-refractivity contribution in [2.45, 2.75) is 58.2 Å². The molecular weight excluding hydrogens is 522 g/mol. The summed E-state index contributed by atoms with van der Waals surface area (Å²) in [6.07, 6.45) is -1.25. The predicted octanol–water partition coefficient (Wildman–Crippen LogP) is 4.34. The average molecular weight is 558 g/mol. The van der Waals surface area contributed by atoms with Crippen LogP contribution < -0.4 is 16.4 Å². The molecule has 0 spiro atoms. The van der Waals surface area contributed by atoms with Gasteiger partial charge in [0.15, 0.2) is 0 Å². The molecule has 0 heterocycles. The molecule has 0 bridgehead atoms. The molecule has 0 radical (unpaired) electrons. The summed E-state index contributed by atoms with van der Waals surface area (Å²) in [6, 6.07) is 19.6. The molecule has 41 heavy (non-hydrogen) atoms. The molecule has 214 valence electrons. The number of carbonyl (C=O) groups is 4. The lowest BCUT2D eigenvalue weighted by atomic mass is 9.97. The number of nitriles is 1. The zero-order chi connectivity index (χ0) is 30.2. The molecule has 3 aromatic carbocycles. The third kappa shape index (κ3) is 8.54. The number of hydrogen-bond acceptors (Lipinski definition) is 6. The van der Waals surface area contributed by atoms with Crippen molar-refractivity contribution < 1.29 is 23.9 Å². The van der Waals surface area contributed by atoms with Crippen molar-refractivity contribution in [3.8, 4) is 6.07 Å². The topological polar surface area (TPSA) is 155 Å². The van der Waals surface area contributed by atoms with Crippen LogP contribution in [0.2, 0.25) is 0 Å². The first-order chi connectivity index (χ1) is 19.4. The number of rotatable bonds is 10. The van der Waals surface area contributed by atoms with E-state index in [9.17, 15) is 24.4 Å². The summed E-state index contributed by atoms with van der Waals surface area (Å²) in [5, 5.41) is 17.0. The molecular formula is C31H35N5O5. The van der Waals surface area contributed by atoms with Gasteiger partial charge in [-0.3, -0.25) is 14.4 Å². The number of fused-ring (bicyclic) bond motifs is 1. The molecule has 0 fully saturated rings. The van der Waals surface area contributed by atoms with Crippen molar-refractivity contribution in [1.29, 1.82) is 5.26 Å². The van der Waals surface area contributed by atoms with E-state index in [2.05, 4.69) is 10.6 Å². The molecule has 2 atom stereocenters. The van der Waals surface area contributed by atoms with Gasteiger partial charge in [0, 0.05) is 12.1 Å². The van der Waals surface area contributed by atoms with Crippen molar-refractivity contribution in [3.05, 3.63) is 77.9 Å². The molecule has 0 aliphatic heterocycles. The molecule has 4 N–H and O–H groups in total. The van der Waals surface area contributed by atoms with E-state index in [1.807, 2.05) is 42.5 Å². The van der Waals surface area contributed by atoms with Crippen molar-refractivity contribution in [3.63, 3.8) is 0 Å². The smallest absolute Gasteiger partial charge is 0.408 e. The molecule has 3 rings (SSSR count). The Kier molecular flexibility index (Phi) is 10.0. The van der Waals surface area contributed by atoms with Gasteiger partial charge in [-0.1, -0.05) is 54.6 Å². The highest BCUT2D eigenvalue weighted by Crippen LogP contribution is 2.28. The van der Waals surface area contributed by atoms with Gasteiger partial charge in [0.05, 0.1) is 6.07 Å². The zero-order valence-corrected chi connectivity index (χ0v) is 23.6. The Hall–Kier alpha value is -4.91. The molecule has 0 aliphatic rings. The lowest BCUT2D eigenvalue weighted by Gasteiger charge is -2.33. The summed E-state index contributed by atoms with van der Waals surface area (Å²) in [5.74, 6) is -1.96. The third-order valence-corrected chi connectivity index (χ3v) is 6.25. The number of benzene rings is 3. The number of anilines is 1. The van der Waals surface area contributed by atoms with E-state index >= 15 is 0 Å². The number of nitrogens with one attached hydrogen (secondary N) is 2. The van der Waals surface area contributed by atoms with Gasteiger partial charge in [0.25, 0.3) is 5.91 Å². The van der Waals surface area contributed by atoms with Gasteiger partial charge in [-0.15, -0.1) is 0 Å². The average Bonchev–Trinajstić information content (AvgIpc) is 2.90. The number of hydrogen-bond donors (Lipinski definition) is 3. The number of carbonyl (C=O) groups excluding carboxylic acids is 4. The Morgan fingerprint density at radius 2 is 1.66 bits per heavy atom. The SMILES string of the molecule is Cc1ccccc1C(C(=O)Nc1ccc2ccccc2c1)N(CC#N)C(=O)C(CCC(N)=O)NC(=O)OC(C)(C)C. The van der Waals surface area contributed by atoms with E-state index in [4.69, 9.17) is 10.5 Å². The van der Waals surface area contributed by atoms with Crippen LogP contribution >= 0.6 is 0 Å². The van der Waals surface area contributed by atoms with E-state index in [1.165, 1.54) is 0 Å². The van der Waals surface area contributed by atoms with Crippen LogP contribution in [0.15, 0.2) is 66.7 Å². The normalized spacial score (nSPS) is 12.5. The van der Waals surface area contributed by atoms with Crippen LogP contribution in [0.1, 0.15) is 50.8 Å². The van der Waals surface area contributed by atoms with Gasteiger partial charge >= 0.3 is 6.09 Å². The molecule has 0 aromatic heterocycles. The number of amides is 4. The van der Waals surface area contributed by atoms with Crippen LogP contribution in [0, 0.1) is 18.3 Å². The maximum Gasteiger partial charge on any atom is 0.408 e. The quantitative estimate of drug-likeness (QED) is 0.315. The summed E-state index contributed by atoms with van der Waals surface area (Å²) < 4.78 is 5.31. The second-order valence-corrected chi connectivity index (χ2v) is 10.6. The summed E-state index contributed by atoms with van der Waals surface area (Å²) in [7, 11) is 0. The third-order valence-electron chi connectivity index (χ3n) is 6.25. The highest BCUT2D eigenvalue weighted by molar-refractivity contribution is 6.00. The first kappa shape index (κ1) is 30.6. The Balaban J connectivity index is 2.02. The van der Waals surface area contributed by atoms with Gasteiger partial charge in [-0.2, -0.15) is 5.26 Å². The Morgan fingerprint density at radius 1 is 1.00 bits per heavy atom. The van der Waals surface area contributed by atoms with E-state index in [0.29, 0.717) is 11.3 Å². The number of nitrogens with zero attached hydrogens (tertiary/aromatic N) is 2. The minimum absolute atomic E-state index is 0.151. The van der Waals surface area contributed by atoms with Gasteiger partial charge in [-0.05, 0) is 68.1 Å². The van der Waals surface area contributed by atoms with Crippen LogP contribution in [0.5, 0.6) is 0 Å². The number of alkyl carbamates (subject to hydrolysis) is 1. The minimum Gasteiger partial charge on any atom is -0.444 e. The second kappa shape index (κ2) is 13.4. The maximum atomic E-state index is 14.0. The van der Waals surface area contributed by atoms with Gasteiger partial charge < -0.3 is 26.0 Å². The van der Waals surface area contributed by atoms with E-state index in [0.717, 1.165) is 21.2 Å². The van der Waals surface area contributed by atoms with E-state index < -0.39 is 48.0 Å². The van der Waals surface area contributed by atoms with Crippen LogP contribution in [0.25, 0.3) is 10.8 Å². The first-order valence-corrected chi connectivity index (χ1v) is 13.2. The molecule has 3 aromatic rings. The molecule has 2 unspecified atom stereocenters. The summed E-state index contributed by atoms with van der Waals surface area (Å²) in [6.45, 7) is 6.33. The summed E-state index contributed by atoms with van der Waals surface area (Å²) >= 11 is 0. The number of ether oxygens (including phenoxy) is 1. The van der Waals surface area contributed by atoms with Gasteiger partial charge in [0.2, 0.25) is 11.8 Å². The second-order valence-electron chi connectivity index (χ2n) is 10.6. The monoisotopic (exact) mass is 557 g/mol. The molecule has 10 heteroatoms. The molecule has 10 nitrogen and oxygen atoms in total. The highest BCUT2D eigenvalue weighted by atomic mass is 16.6. The Bertz CT molecular complexity index is 1470. The molecule has 0 saturated carbocycles. The van der Waals surface area contributed by atoms with Crippen LogP contribution in [-0.2, 0) is 19.1 Å². The Labute approximate surface area is 239 Å². The van der Waals surface area contributed by atoms with Crippen molar-refractivity contribution >= 4 is 40.3 Å². The molecule has 0 aliphatic carbocycles. The zero-order valence-electron chi connectivity index (χ0n) is 23.6. The standard InChI is InChI=1S/C31H35N5O5/c1-20-9-5-8-12-24(20)27(28(38)34-23-14-13-21-10-6-7-11-22(21)19-23)36(18-17-32)29(39)25(15-16-26(33)37)35-30(40)41-31(2,3)4/h5-14,19,25,27H,15-16,18H2,1-4H3,(H2,33,37)(H,34,38)(H,35,40). The number of nitrogens with two attached hydrogens (primary N) is 1. The number of primary amides is 1. The van der Waals surface area contributed by atoms with Crippen LogP contribution in [-0.4, -0.2) is 46.9 Å². The van der Waals surface area contributed by atoms with Crippen molar-refractivity contribution in [1.82, 2.24) is 10.2 Å². The van der Waals surface area contributed by atoms with Crippen molar-refractivity contribution in [2.75, 3.05) is 11.9 Å². The highest BCUT2D eigenvalue weighted by Gasteiger charge is 2.37. The lowest BCUT2D eigenvalue weighted by molar-refractivity contribution is -0.140. The summed E-state index contributed by atoms with van der Waals surface area (Å²) in [5.41, 5.74) is 6.20. The van der Waals surface area contributed by atoms with Crippen LogP contribution in [0.4, 0.5) is 10.5 Å². The first-order valence-electron chi connectivity index (χ1n) is 13.2. The van der Waals surface area contributed by atoms with E-state index in [1.54, 1.807) is 58.0 Å². The molecule has 4 amide bonds. The fraction of sp³-hybridized carbons (Fsp3) is 0.323. The lowest BCUT2D eigenvalue weighted by Crippen LogP contribution is -2.52. The van der Waals surface area contributed by atoms with Crippen LogP contribution in [0.3, 0.4) is 0 Å². The largest absolute Gasteiger partial charge is 0.444 e. The fourth-order valence-corrected chi connectivity index (χ4v) is 4.39. The van der Waals surface area contributed by atoms with Gasteiger partial charge in [0.1, 0.15) is 24.2 Å². The minimum atomic E-state index is -1.29. The summed E-state index contributed by atoms with van der Waals surface area (Å²) in [4.78, 5) is 53.2. The fourth-order valence-electron chi connectivity index (χ4n) is 4.39. The van der Waals surface area contributed by atoms with E-state index in [-0.39, 0.29) is 12.8 Å². The van der Waals surface area contributed by atoms with Gasteiger partial charge in [-0.25, -0.2) is 4.79 Å². The predicted molar refractivity (Wildman–Crippen MR) is 155 cm³/mol. The Morgan fingerprint density at radius 3 is 2.29 bits per heavy atom.